The molecule has 5 rings (SSSR count). The monoisotopic (exact) mass is 345 g/mol. The average molecular weight is 345 g/mol. The Morgan fingerprint density at radius 2 is 1.77 bits per heavy atom. The van der Waals surface area contributed by atoms with E-state index in [1.54, 1.807) is 6.21 Å². The number of nitrogens with zero attached hydrogens (tertiary/aromatic N) is 3. The number of aromatic nitrogens is 1. The molecule has 2 fully saturated rings. The number of carbonyl (C=O) groups is 2. The molecule has 0 radical (unpaired) electrons. The van der Waals surface area contributed by atoms with Gasteiger partial charge in [-0.05, 0) is 55.0 Å². The fourth-order valence-electron chi connectivity index (χ4n) is 4.63. The highest BCUT2D eigenvalue weighted by atomic mass is 16.2. The molecule has 0 N–H and O–H groups in total. The lowest BCUT2D eigenvalue weighted by molar-refractivity contribution is -0.140. The van der Waals surface area contributed by atoms with Crippen molar-refractivity contribution in [3.63, 3.8) is 0 Å². The van der Waals surface area contributed by atoms with Crippen LogP contribution >= 0.6 is 0 Å². The molecule has 2 heterocycles. The summed E-state index contributed by atoms with van der Waals surface area (Å²) >= 11 is 0. The van der Waals surface area contributed by atoms with Crippen molar-refractivity contribution in [3.8, 4) is 5.69 Å². The van der Waals surface area contributed by atoms with Gasteiger partial charge in [0.05, 0.1) is 23.7 Å². The maximum Gasteiger partial charge on any atom is 0.254 e. The third kappa shape index (κ3) is 2.13. The summed E-state index contributed by atoms with van der Waals surface area (Å²) in [4.78, 5) is 25.4. The van der Waals surface area contributed by atoms with Crippen molar-refractivity contribution in [1.29, 1.82) is 0 Å². The van der Waals surface area contributed by atoms with Crippen LogP contribution in [0.3, 0.4) is 0 Å². The predicted molar refractivity (Wildman–Crippen MR) is 97.7 cm³/mol. The Labute approximate surface area is 151 Å². The Morgan fingerprint density at radius 1 is 1.04 bits per heavy atom. The van der Waals surface area contributed by atoms with E-state index in [2.05, 4.69) is 23.3 Å². The van der Waals surface area contributed by atoms with Crippen LogP contribution in [0.15, 0.2) is 59.8 Å². The first-order chi connectivity index (χ1) is 12.6. The Morgan fingerprint density at radius 3 is 2.46 bits per heavy atom. The molecule has 1 aromatic heterocycles. The number of amides is 2. The highest BCUT2D eigenvalue weighted by molar-refractivity contribution is 6.06. The van der Waals surface area contributed by atoms with Gasteiger partial charge in [0.1, 0.15) is 0 Å². The molecule has 2 aliphatic carbocycles. The molecule has 0 unspecified atom stereocenters. The zero-order chi connectivity index (χ0) is 17.8. The summed E-state index contributed by atoms with van der Waals surface area (Å²) in [6.45, 7) is 2.05. The van der Waals surface area contributed by atoms with Gasteiger partial charge >= 0.3 is 0 Å². The average Bonchev–Trinajstić information content (AvgIpc) is 3.39. The summed E-state index contributed by atoms with van der Waals surface area (Å²) in [6, 6.07) is 12.0. The number of hydrazone groups is 1. The van der Waals surface area contributed by atoms with Crippen LogP contribution in [0.5, 0.6) is 0 Å². The van der Waals surface area contributed by atoms with Crippen molar-refractivity contribution in [1.82, 2.24) is 9.58 Å². The first-order valence-corrected chi connectivity index (χ1v) is 8.98. The third-order valence-corrected chi connectivity index (χ3v) is 5.81. The highest BCUT2D eigenvalue weighted by Gasteiger charge is 2.59. The van der Waals surface area contributed by atoms with E-state index in [1.165, 1.54) is 5.56 Å². The second-order valence-corrected chi connectivity index (χ2v) is 7.37. The van der Waals surface area contributed by atoms with E-state index in [4.69, 9.17) is 0 Å². The molecule has 5 nitrogen and oxygen atoms in total. The van der Waals surface area contributed by atoms with Crippen LogP contribution in [-0.2, 0) is 9.59 Å². The van der Waals surface area contributed by atoms with Crippen LogP contribution in [0.2, 0.25) is 0 Å². The van der Waals surface area contributed by atoms with Gasteiger partial charge in [-0.1, -0.05) is 24.3 Å². The number of hydrogen-bond acceptors (Lipinski definition) is 3. The van der Waals surface area contributed by atoms with Gasteiger partial charge in [-0.3, -0.25) is 9.59 Å². The van der Waals surface area contributed by atoms with E-state index >= 15 is 0 Å². The van der Waals surface area contributed by atoms with E-state index in [0.717, 1.165) is 22.8 Å². The van der Waals surface area contributed by atoms with E-state index in [0.29, 0.717) is 0 Å². The first-order valence-electron chi connectivity index (χ1n) is 8.98. The van der Waals surface area contributed by atoms with Gasteiger partial charge in [-0.25, -0.2) is 0 Å². The zero-order valence-electron chi connectivity index (χ0n) is 14.4. The molecule has 2 amide bonds. The fraction of sp³-hybridized carbons (Fsp3) is 0.286. The lowest BCUT2D eigenvalue weighted by Gasteiger charge is -2.13. The second-order valence-electron chi connectivity index (χ2n) is 7.37. The summed E-state index contributed by atoms with van der Waals surface area (Å²) in [5.74, 6) is -0.310. The number of aryl methyl sites for hydroxylation is 1. The zero-order valence-corrected chi connectivity index (χ0v) is 14.4. The summed E-state index contributed by atoms with van der Waals surface area (Å²) in [7, 11) is 0. The largest absolute Gasteiger partial charge is 0.316 e. The van der Waals surface area contributed by atoms with Crippen molar-refractivity contribution in [2.45, 2.75) is 13.3 Å². The standard InChI is InChI=1S/C21H19N3O2/c1-13-4-2-5-16(10-13)23-9-3-6-17(23)12-22-24-20(25)18-14-7-8-15(11-14)19(18)21(24)26/h2-10,12,14-15,18-19H,11H2,1H3/t14-,15-,18-,19+/m0/s1. The highest BCUT2D eigenvalue weighted by Crippen LogP contribution is 2.52. The molecular weight excluding hydrogens is 326 g/mol. The Balaban J connectivity index is 1.43. The van der Waals surface area contributed by atoms with Crippen LogP contribution < -0.4 is 0 Å². The lowest BCUT2D eigenvalue weighted by Crippen LogP contribution is -2.28. The Bertz CT molecular complexity index is 941. The van der Waals surface area contributed by atoms with Crippen molar-refractivity contribution in [2.24, 2.45) is 28.8 Å². The van der Waals surface area contributed by atoms with Crippen LogP contribution in [0.25, 0.3) is 5.69 Å². The number of hydrogen-bond donors (Lipinski definition) is 0. The van der Waals surface area contributed by atoms with Gasteiger partial charge in [0.25, 0.3) is 11.8 Å². The number of rotatable bonds is 3. The van der Waals surface area contributed by atoms with E-state index in [1.807, 2.05) is 48.0 Å². The molecule has 1 aromatic carbocycles. The van der Waals surface area contributed by atoms with Crippen molar-refractivity contribution >= 4 is 18.0 Å². The summed E-state index contributed by atoms with van der Waals surface area (Å²) in [5.41, 5.74) is 3.02. The summed E-state index contributed by atoms with van der Waals surface area (Å²) in [5, 5.41) is 5.37. The maximum atomic E-state index is 12.7. The van der Waals surface area contributed by atoms with Crippen molar-refractivity contribution < 1.29 is 9.59 Å². The number of carbonyl (C=O) groups excluding carboxylic acids is 2. The molecule has 1 saturated carbocycles. The van der Waals surface area contributed by atoms with Crippen molar-refractivity contribution in [2.75, 3.05) is 0 Å². The number of imide groups is 1. The Hall–Kier alpha value is -2.95. The smallest absolute Gasteiger partial charge is 0.254 e. The molecular formula is C21H19N3O2. The molecule has 130 valence electrons. The molecule has 2 bridgehead atoms. The quantitative estimate of drug-likeness (QED) is 0.488. The summed E-state index contributed by atoms with van der Waals surface area (Å²) in [6.07, 6.45) is 8.66. The van der Waals surface area contributed by atoms with E-state index < -0.39 is 0 Å². The second kappa shape index (κ2) is 5.53. The molecule has 2 aromatic rings. The minimum Gasteiger partial charge on any atom is -0.316 e. The molecule has 1 saturated heterocycles. The van der Waals surface area contributed by atoms with Crippen LogP contribution in [0.1, 0.15) is 17.7 Å². The molecule has 1 aliphatic heterocycles. The minimum absolute atomic E-state index is 0.151. The van der Waals surface area contributed by atoms with E-state index in [-0.39, 0.29) is 35.5 Å². The van der Waals surface area contributed by atoms with Crippen LogP contribution in [0.4, 0.5) is 0 Å². The third-order valence-electron chi connectivity index (χ3n) is 5.81. The predicted octanol–water partition coefficient (Wildman–Crippen LogP) is 2.93. The molecule has 5 heteroatoms. The van der Waals surface area contributed by atoms with Crippen LogP contribution in [0, 0.1) is 30.6 Å². The molecule has 4 atom stereocenters. The topological polar surface area (TPSA) is 54.7 Å². The summed E-state index contributed by atoms with van der Waals surface area (Å²) < 4.78 is 1.99. The van der Waals surface area contributed by atoms with Gasteiger partial charge in [0.2, 0.25) is 0 Å². The SMILES string of the molecule is Cc1cccc(-n2cccc2C=NN2C(=O)[C@@H]3[C@H](C2=O)[C@H]2C=C[C@H]3C2)c1. The first kappa shape index (κ1) is 15.3. The van der Waals surface area contributed by atoms with Gasteiger partial charge in [-0.15, -0.1) is 0 Å². The maximum absolute atomic E-state index is 12.7. The normalized spacial score (nSPS) is 29.3. The minimum atomic E-state index is -0.210. The molecule has 0 spiro atoms. The van der Waals surface area contributed by atoms with Gasteiger partial charge in [0.15, 0.2) is 0 Å². The van der Waals surface area contributed by atoms with E-state index in [9.17, 15) is 9.59 Å². The van der Waals surface area contributed by atoms with Gasteiger partial charge in [0, 0.05) is 11.9 Å². The number of allylic oxidation sites excluding steroid dienone is 2. The van der Waals surface area contributed by atoms with Crippen LogP contribution in [-0.4, -0.2) is 27.6 Å². The molecule has 3 aliphatic rings. The Kier molecular flexibility index (Phi) is 3.26. The van der Waals surface area contributed by atoms with Gasteiger partial charge < -0.3 is 4.57 Å². The molecule has 26 heavy (non-hydrogen) atoms. The van der Waals surface area contributed by atoms with Gasteiger partial charge in [-0.2, -0.15) is 10.1 Å². The lowest BCUT2D eigenvalue weighted by atomic mass is 9.85. The number of fused-ring (bicyclic) bond motifs is 5. The fourth-order valence-corrected chi connectivity index (χ4v) is 4.63. The van der Waals surface area contributed by atoms with Crippen molar-refractivity contribution in [3.05, 3.63) is 66.0 Å². The number of benzene rings is 1.